The highest BCUT2D eigenvalue weighted by Gasteiger charge is 2.25. The monoisotopic (exact) mass is 420 g/mol. The maximum atomic E-state index is 13.4. The van der Waals surface area contributed by atoms with Crippen LogP contribution in [0, 0.1) is 6.92 Å². The molecule has 5 nitrogen and oxygen atoms in total. The minimum atomic E-state index is -0.933. The molecule has 1 atom stereocenters. The van der Waals surface area contributed by atoms with E-state index in [4.69, 9.17) is 4.42 Å². The summed E-state index contributed by atoms with van der Waals surface area (Å²) < 4.78 is 5.79. The summed E-state index contributed by atoms with van der Waals surface area (Å²) in [6, 6.07) is 7.43. The van der Waals surface area contributed by atoms with Crippen molar-refractivity contribution in [1.29, 1.82) is 0 Å². The number of fused-ring (bicyclic) bond motifs is 1. The van der Waals surface area contributed by atoms with E-state index in [1.807, 2.05) is 51.1 Å². The van der Waals surface area contributed by atoms with Crippen LogP contribution < -0.4 is 5.43 Å². The molecule has 0 fully saturated rings. The van der Waals surface area contributed by atoms with Gasteiger partial charge in [-0.05, 0) is 39.7 Å². The smallest absolute Gasteiger partial charge is 0.204 e. The molecule has 1 aromatic heterocycles. The molecule has 0 spiro atoms. The first-order valence-corrected chi connectivity index (χ1v) is 10.2. The highest BCUT2D eigenvalue weighted by molar-refractivity contribution is 5.92. The molecule has 162 valence electrons. The van der Waals surface area contributed by atoms with Gasteiger partial charge in [0.25, 0.3) is 0 Å². The van der Waals surface area contributed by atoms with Gasteiger partial charge in [-0.3, -0.25) is 4.79 Å². The molecule has 0 saturated carbocycles. The van der Waals surface area contributed by atoms with Crippen molar-refractivity contribution < 1.29 is 19.7 Å². The molecule has 3 rings (SSSR count). The number of aryl methyl sites for hydroxylation is 1. The number of aliphatic hydroxyl groups is 1. The maximum Gasteiger partial charge on any atom is 0.204 e. The molecule has 0 radical (unpaired) electrons. The average molecular weight is 421 g/mol. The van der Waals surface area contributed by atoms with E-state index < -0.39 is 11.5 Å². The lowest BCUT2D eigenvalue weighted by Crippen LogP contribution is -2.14. The molecule has 0 aliphatic rings. The number of allylic oxidation sites excluding steroid dienone is 2. The standard InChI is InChI=1S/C26H28O5/c1-14(2)6-11-18-23(28)19(12-21(27)15(3)4)26-22(24(18)29)25(30)20(13-31-26)17-9-7-16(5)8-10-17/h6-10,13,21,27-29H,3,11-12H2,1-2,4-5H3/t21-/m1/s1. The Kier molecular flexibility index (Phi) is 6.37. The molecule has 0 aliphatic heterocycles. The van der Waals surface area contributed by atoms with Crippen molar-refractivity contribution >= 4 is 11.0 Å². The van der Waals surface area contributed by atoms with E-state index >= 15 is 0 Å². The van der Waals surface area contributed by atoms with E-state index in [-0.39, 0.29) is 46.4 Å². The minimum Gasteiger partial charge on any atom is -0.507 e. The van der Waals surface area contributed by atoms with Gasteiger partial charge in [-0.15, -0.1) is 0 Å². The molecule has 0 bridgehead atoms. The largest absolute Gasteiger partial charge is 0.507 e. The Bertz CT molecular complexity index is 1230. The van der Waals surface area contributed by atoms with E-state index in [9.17, 15) is 20.1 Å². The molecular formula is C26H28O5. The third-order valence-corrected chi connectivity index (χ3v) is 5.41. The van der Waals surface area contributed by atoms with Crippen LogP contribution >= 0.6 is 0 Å². The van der Waals surface area contributed by atoms with Crippen molar-refractivity contribution in [3.05, 3.63) is 81.2 Å². The van der Waals surface area contributed by atoms with Crippen molar-refractivity contribution in [3.8, 4) is 22.6 Å². The zero-order valence-corrected chi connectivity index (χ0v) is 18.3. The second kappa shape index (κ2) is 8.82. The number of rotatable bonds is 6. The molecule has 2 aromatic carbocycles. The number of aliphatic hydroxyl groups excluding tert-OH is 1. The molecular weight excluding hydrogens is 392 g/mol. The summed E-state index contributed by atoms with van der Waals surface area (Å²) in [4.78, 5) is 13.4. The summed E-state index contributed by atoms with van der Waals surface area (Å²) in [6.45, 7) is 11.2. The predicted octanol–water partition coefficient (Wildman–Crippen LogP) is 5.17. The van der Waals surface area contributed by atoms with Crippen LogP contribution in [-0.2, 0) is 12.8 Å². The van der Waals surface area contributed by atoms with Gasteiger partial charge in [0.05, 0.1) is 11.7 Å². The van der Waals surface area contributed by atoms with Gasteiger partial charge in [0.2, 0.25) is 5.43 Å². The number of benzene rings is 2. The van der Waals surface area contributed by atoms with Crippen LogP contribution in [0.3, 0.4) is 0 Å². The third kappa shape index (κ3) is 4.42. The molecule has 0 aliphatic carbocycles. The molecule has 3 N–H and O–H groups in total. The van der Waals surface area contributed by atoms with Gasteiger partial charge < -0.3 is 19.7 Å². The Morgan fingerprint density at radius 1 is 1.10 bits per heavy atom. The summed E-state index contributed by atoms with van der Waals surface area (Å²) in [5.41, 5.74) is 3.73. The fourth-order valence-corrected chi connectivity index (χ4v) is 3.45. The number of hydrogen-bond donors (Lipinski definition) is 3. The average Bonchev–Trinajstić information content (AvgIpc) is 2.71. The molecule has 0 amide bonds. The molecule has 0 saturated heterocycles. The Labute approximate surface area is 181 Å². The SMILES string of the molecule is C=C(C)[C@H](O)Cc1c(O)c(CC=C(C)C)c(O)c2c(=O)c(-c3ccc(C)cc3)coc12. The minimum absolute atomic E-state index is 0.00283. The Hall–Kier alpha value is -3.31. The van der Waals surface area contributed by atoms with Crippen LogP contribution in [0.15, 0.2) is 63.5 Å². The van der Waals surface area contributed by atoms with Crippen molar-refractivity contribution in [1.82, 2.24) is 0 Å². The van der Waals surface area contributed by atoms with Gasteiger partial charge in [0.15, 0.2) is 0 Å². The first-order chi connectivity index (χ1) is 14.6. The zero-order valence-electron chi connectivity index (χ0n) is 18.3. The molecule has 1 heterocycles. The maximum absolute atomic E-state index is 13.4. The van der Waals surface area contributed by atoms with Crippen LogP contribution in [0.4, 0.5) is 0 Å². The second-order valence-corrected chi connectivity index (χ2v) is 8.25. The Balaban J connectivity index is 2.35. The lowest BCUT2D eigenvalue weighted by atomic mass is 9.93. The van der Waals surface area contributed by atoms with Crippen LogP contribution in [-0.4, -0.2) is 21.4 Å². The third-order valence-electron chi connectivity index (χ3n) is 5.41. The molecule has 3 aromatic rings. The van der Waals surface area contributed by atoms with Crippen LogP contribution in [0.25, 0.3) is 22.1 Å². The normalized spacial score (nSPS) is 12.0. The summed E-state index contributed by atoms with van der Waals surface area (Å²) in [5, 5.41) is 32.3. The van der Waals surface area contributed by atoms with Gasteiger partial charge in [-0.2, -0.15) is 0 Å². The molecule has 0 unspecified atom stereocenters. The summed E-state index contributed by atoms with van der Waals surface area (Å²) in [6.07, 6.45) is 2.50. The number of hydrogen-bond acceptors (Lipinski definition) is 5. The van der Waals surface area contributed by atoms with Gasteiger partial charge >= 0.3 is 0 Å². The van der Waals surface area contributed by atoms with E-state index in [0.717, 1.165) is 11.1 Å². The van der Waals surface area contributed by atoms with E-state index in [0.29, 0.717) is 16.7 Å². The van der Waals surface area contributed by atoms with Crippen LogP contribution in [0.2, 0.25) is 0 Å². The second-order valence-electron chi connectivity index (χ2n) is 8.25. The van der Waals surface area contributed by atoms with Crippen LogP contribution in [0.1, 0.15) is 37.5 Å². The molecule has 31 heavy (non-hydrogen) atoms. The fraction of sp³-hybridized carbons (Fsp3) is 0.269. The summed E-state index contributed by atoms with van der Waals surface area (Å²) in [5.74, 6) is -0.490. The van der Waals surface area contributed by atoms with Gasteiger partial charge in [0.1, 0.15) is 28.7 Å². The number of aromatic hydroxyl groups is 2. The van der Waals surface area contributed by atoms with Crippen molar-refractivity contribution in [3.63, 3.8) is 0 Å². The first-order valence-electron chi connectivity index (χ1n) is 10.2. The fourth-order valence-electron chi connectivity index (χ4n) is 3.45. The first kappa shape index (κ1) is 22.4. The number of phenols is 2. The Morgan fingerprint density at radius 2 is 1.74 bits per heavy atom. The van der Waals surface area contributed by atoms with Crippen molar-refractivity contribution in [2.45, 2.75) is 46.6 Å². The number of phenolic OH excluding ortho intramolecular Hbond substituents is 2. The summed E-state index contributed by atoms with van der Waals surface area (Å²) >= 11 is 0. The van der Waals surface area contributed by atoms with E-state index in [1.54, 1.807) is 6.92 Å². The van der Waals surface area contributed by atoms with Gasteiger partial charge in [-0.1, -0.05) is 53.6 Å². The highest BCUT2D eigenvalue weighted by atomic mass is 16.3. The van der Waals surface area contributed by atoms with Gasteiger partial charge in [-0.25, -0.2) is 0 Å². The van der Waals surface area contributed by atoms with Crippen LogP contribution in [0.5, 0.6) is 11.5 Å². The molecule has 5 heteroatoms. The topological polar surface area (TPSA) is 90.9 Å². The van der Waals surface area contributed by atoms with Gasteiger partial charge in [0, 0.05) is 17.5 Å². The van der Waals surface area contributed by atoms with Crippen molar-refractivity contribution in [2.75, 3.05) is 0 Å². The lowest BCUT2D eigenvalue weighted by molar-refractivity contribution is 0.210. The Morgan fingerprint density at radius 3 is 2.32 bits per heavy atom. The van der Waals surface area contributed by atoms with E-state index in [2.05, 4.69) is 6.58 Å². The van der Waals surface area contributed by atoms with Crippen molar-refractivity contribution in [2.24, 2.45) is 0 Å². The quantitative estimate of drug-likeness (QED) is 0.479. The predicted molar refractivity (Wildman–Crippen MR) is 124 cm³/mol. The lowest BCUT2D eigenvalue weighted by Gasteiger charge is -2.17. The summed E-state index contributed by atoms with van der Waals surface area (Å²) in [7, 11) is 0. The van der Waals surface area contributed by atoms with E-state index in [1.165, 1.54) is 6.26 Å². The zero-order chi connectivity index (χ0) is 22.9. The highest BCUT2D eigenvalue weighted by Crippen LogP contribution is 2.40.